The fourth-order valence-electron chi connectivity index (χ4n) is 2.38. The molecule has 1 aliphatic heterocycles. The van der Waals surface area contributed by atoms with E-state index in [-0.39, 0.29) is 6.09 Å². The molecule has 0 spiro atoms. The average Bonchev–Trinajstić information content (AvgIpc) is 2.27. The number of likely N-dealkylation sites (tertiary alicyclic amines) is 1. The highest BCUT2D eigenvalue weighted by Gasteiger charge is 2.38. The summed E-state index contributed by atoms with van der Waals surface area (Å²) in [6.07, 6.45) is 1.86. The topological polar surface area (TPSA) is 55.6 Å². The van der Waals surface area contributed by atoms with Gasteiger partial charge in [0.1, 0.15) is 5.60 Å². The van der Waals surface area contributed by atoms with Crippen LogP contribution < -0.4 is 5.73 Å². The van der Waals surface area contributed by atoms with Crippen LogP contribution >= 0.6 is 0 Å². The third-order valence-electron chi connectivity index (χ3n) is 3.27. The van der Waals surface area contributed by atoms with E-state index in [2.05, 4.69) is 0 Å². The van der Waals surface area contributed by atoms with Gasteiger partial charge in [-0.2, -0.15) is 0 Å². The van der Waals surface area contributed by atoms with Crippen molar-refractivity contribution in [2.45, 2.75) is 45.6 Å². The lowest BCUT2D eigenvalue weighted by molar-refractivity contribution is -0.00179. The van der Waals surface area contributed by atoms with Gasteiger partial charge in [-0.05, 0) is 46.6 Å². The number of nitrogens with zero attached hydrogens (tertiary/aromatic N) is 1. The standard InChI is InChI=1S/C13H25FN2O2/c1-12(2,3)18-11(17)16-8-4-5-13(9-14,10-16)6-7-15/h4-10,15H2,1-3H3. The maximum Gasteiger partial charge on any atom is 0.410 e. The van der Waals surface area contributed by atoms with E-state index >= 15 is 0 Å². The highest BCUT2D eigenvalue weighted by atomic mass is 19.1. The lowest BCUT2D eigenvalue weighted by Crippen LogP contribution is -2.49. The highest BCUT2D eigenvalue weighted by Crippen LogP contribution is 2.34. The molecule has 0 radical (unpaired) electrons. The predicted molar refractivity (Wildman–Crippen MR) is 69.1 cm³/mol. The van der Waals surface area contributed by atoms with Gasteiger partial charge in [0.15, 0.2) is 0 Å². The van der Waals surface area contributed by atoms with Gasteiger partial charge in [0.05, 0.1) is 6.67 Å². The Hall–Kier alpha value is -0.840. The molecular weight excluding hydrogens is 235 g/mol. The van der Waals surface area contributed by atoms with E-state index < -0.39 is 17.7 Å². The summed E-state index contributed by atoms with van der Waals surface area (Å²) in [6.45, 7) is 6.57. The third kappa shape index (κ3) is 4.12. The van der Waals surface area contributed by atoms with E-state index in [1.807, 2.05) is 20.8 Å². The number of hydrogen-bond donors (Lipinski definition) is 1. The van der Waals surface area contributed by atoms with E-state index in [1.165, 1.54) is 0 Å². The Balaban J connectivity index is 2.65. The first-order valence-corrected chi connectivity index (χ1v) is 6.56. The predicted octanol–water partition coefficient (Wildman–Crippen LogP) is 2.32. The molecular formula is C13H25FN2O2. The molecule has 18 heavy (non-hydrogen) atoms. The van der Waals surface area contributed by atoms with Gasteiger partial charge in [-0.15, -0.1) is 0 Å². The van der Waals surface area contributed by atoms with Gasteiger partial charge in [0.25, 0.3) is 0 Å². The summed E-state index contributed by atoms with van der Waals surface area (Å²) in [5.41, 5.74) is 4.56. The summed E-state index contributed by atoms with van der Waals surface area (Å²) >= 11 is 0. The van der Waals surface area contributed by atoms with Crippen LogP contribution in [-0.4, -0.2) is 42.9 Å². The number of carbonyl (C=O) groups is 1. The molecule has 1 aliphatic rings. The zero-order chi connectivity index (χ0) is 13.8. The molecule has 1 atom stereocenters. The molecule has 0 aliphatic carbocycles. The number of hydrogen-bond acceptors (Lipinski definition) is 3. The number of piperidine rings is 1. The maximum atomic E-state index is 13.3. The summed E-state index contributed by atoms with van der Waals surface area (Å²) < 4.78 is 18.6. The normalized spacial score (nSPS) is 25.1. The van der Waals surface area contributed by atoms with Gasteiger partial charge in [-0.1, -0.05) is 0 Å². The zero-order valence-electron chi connectivity index (χ0n) is 11.7. The van der Waals surface area contributed by atoms with Crippen LogP contribution in [0.1, 0.15) is 40.0 Å². The van der Waals surface area contributed by atoms with Crippen molar-refractivity contribution in [1.82, 2.24) is 4.90 Å². The SMILES string of the molecule is CC(C)(C)OC(=O)N1CCCC(CF)(CCN)C1. The molecule has 0 aromatic rings. The molecule has 0 bridgehead atoms. The van der Waals surface area contributed by atoms with Crippen molar-refractivity contribution in [3.8, 4) is 0 Å². The maximum absolute atomic E-state index is 13.3. The molecule has 1 rings (SSSR count). The Morgan fingerprint density at radius 1 is 1.50 bits per heavy atom. The first kappa shape index (κ1) is 15.2. The Bertz CT molecular complexity index is 287. The minimum absolute atomic E-state index is 0.350. The number of rotatable bonds is 3. The van der Waals surface area contributed by atoms with Crippen LogP contribution in [0.4, 0.5) is 9.18 Å². The monoisotopic (exact) mass is 260 g/mol. The van der Waals surface area contributed by atoms with E-state index in [0.717, 1.165) is 12.8 Å². The van der Waals surface area contributed by atoms with Gasteiger partial charge in [0, 0.05) is 18.5 Å². The minimum Gasteiger partial charge on any atom is -0.444 e. The Kier molecular flexibility index (Phi) is 4.96. The second-order valence-electron chi connectivity index (χ2n) is 6.18. The molecule has 1 heterocycles. The summed E-state index contributed by atoms with van der Waals surface area (Å²) in [6, 6.07) is 0. The van der Waals surface area contributed by atoms with E-state index in [1.54, 1.807) is 4.90 Å². The number of carbonyl (C=O) groups excluding carboxylic acids is 1. The lowest BCUT2D eigenvalue weighted by Gasteiger charge is -2.41. The van der Waals surface area contributed by atoms with Crippen molar-refractivity contribution in [2.24, 2.45) is 11.1 Å². The average molecular weight is 260 g/mol. The molecule has 2 N–H and O–H groups in total. The first-order chi connectivity index (χ1) is 8.32. The minimum atomic E-state index is -0.513. The van der Waals surface area contributed by atoms with Crippen molar-refractivity contribution < 1.29 is 13.9 Å². The Morgan fingerprint density at radius 2 is 2.17 bits per heavy atom. The number of halogens is 1. The summed E-state index contributed by atoms with van der Waals surface area (Å²) in [5, 5.41) is 0. The summed E-state index contributed by atoms with van der Waals surface area (Å²) in [4.78, 5) is 13.6. The Morgan fingerprint density at radius 3 is 2.67 bits per heavy atom. The molecule has 0 aromatic carbocycles. The van der Waals surface area contributed by atoms with Crippen LogP contribution in [0, 0.1) is 5.41 Å². The van der Waals surface area contributed by atoms with Gasteiger partial charge in [0.2, 0.25) is 0 Å². The fourth-order valence-corrected chi connectivity index (χ4v) is 2.38. The van der Waals surface area contributed by atoms with Gasteiger partial charge in [-0.3, -0.25) is 4.39 Å². The van der Waals surface area contributed by atoms with E-state index in [0.29, 0.717) is 26.1 Å². The molecule has 0 saturated carbocycles. The summed E-state index contributed by atoms with van der Waals surface area (Å²) in [7, 11) is 0. The molecule has 0 aromatic heterocycles. The fraction of sp³-hybridized carbons (Fsp3) is 0.923. The Labute approximate surface area is 109 Å². The van der Waals surface area contributed by atoms with Crippen LogP contribution in [0.5, 0.6) is 0 Å². The van der Waals surface area contributed by atoms with Crippen molar-refractivity contribution >= 4 is 6.09 Å². The molecule has 106 valence electrons. The van der Waals surface area contributed by atoms with Crippen molar-refractivity contribution in [3.05, 3.63) is 0 Å². The van der Waals surface area contributed by atoms with Crippen LogP contribution in [-0.2, 0) is 4.74 Å². The van der Waals surface area contributed by atoms with Crippen LogP contribution in [0.15, 0.2) is 0 Å². The second-order valence-corrected chi connectivity index (χ2v) is 6.18. The van der Waals surface area contributed by atoms with Gasteiger partial charge >= 0.3 is 6.09 Å². The molecule has 5 heteroatoms. The van der Waals surface area contributed by atoms with E-state index in [9.17, 15) is 9.18 Å². The number of nitrogens with two attached hydrogens (primary N) is 1. The number of amides is 1. The van der Waals surface area contributed by atoms with Gasteiger partial charge < -0.3 is 15.4 Å². The summed E-state index contributed by atoms with van der Waals surface area (Å²) in [5.74, 6) is 0. The highest BCUT2D eigenvalue weighted by molar-refractivity contribution is 5.68. The molecule has 1 amide bonds. The quantitative estimate of drug-likeness (QED) is 0.847. The van der Waals surface area contributed by atoms with E-state index in [4.69, 9.17) is 10.5 Å². The van der Waals surface area contributed by atoms with Crippen LogP contribution in [0.25, 0.3) is 0 Å². The molecule has 1 saturated heterocycles. The van der Waals surface area contributed by atoms with Gasteiger partial charge in [-0.25, -0.2) is 4.79 Å². The first-order valence-electron chi connectivity index (χ1n) is 6.56. The lowest BCUT2D eigenvalue weighted by atomic mass is 9.78. The van der Waals surface area contributed by atoms with Crippen molar-refractivity contribution in [3.63, 3.8) is 0 Å². The van der Waals surface area contributed by atoms with Crippen LogP contribution in [0.3, 0.4) is 0 Å². The zero-order valence-corrected chi connectivity index (χ0v) is 11.7. The number of ether oxygens (including phenoxy) is 1. The smallest absolute Gasteiger partial charge is 0.410 e. The largest absolute Gasteiger partial charge is 0.444 e. The third-order valence-corrected chi connectivity index (χ3v) is 3.27. The molecule has 4 nitrogen and oxygen atoms in total. The number of alkyl halides is 1. The molecule has 1 fully saturated rings. The molecule has 1 unspecified atom stereocenters. The second kappa shape index (κ2) is 5.87. The van der Waals surface area contributed by atoms with Crippen LogP contribution in [0.2, 0.25) is 0 Å². The van der Waals surface area contributed by atoms with Crippen molar-refractivity contribution in [1.29, 1.82) is 0 Å². The van der Waals surface area contributed by atoms with Crippen molar-refractivity contribution in [2.75, 3.05) is 26.3 Å².